The predicted molar refractivity (Wildman–Crippen MR) is 86.2 cm³/mol. The normalized spacial score (nSPS) is 11.4. The average molecular weight is 431 g/mol. The van der Waals surface area contributed by atoms with E-state index in [-0.39, 0.29) is 25.5 Å². The second-order valence-corrected chi connectivity index (χ2v) is 8.89. The molecule has 0 aliphatic carbocycles. The summed E-state index contributed by atoms with van der Waals surface area (Å²) in [6.45, 7) is 0. The van der Waals surface area contributed by atoms with Crippen LogP contribution in [0, 0.1) is 0 Å². The second-order valence-electron chi connectivity index (χ2n) is 3.79. The van der Waals surface area contributed by atoms with Crippen molar-refractivity contribution in [3.63, 3.8) is 0 Å². The summed E-state index contributed by atoms with van der Waals surface area (Å²) in [5.74, 6) is -1.15. The molecule has 10 heteroatoms. The highest BCUT2D eigenvalue weighted by Gasteiger charge is 2.20. The van der Waals surface area contributed by atoms with Crippen LogP contribution in [0.1, 0.15) is 10.4 Å². The molecule has 0 fully saturated rings. The number of carboxylic acids is 1. The molecule has 0 saturated heterocycles. The summed E-state index contributed by atoms with van der Waals surface area (Å²) in [6, 6.07) is 5.01. The second kappa shape index (κ2) is 6.13. The van der Waals surface area contributed by atoms with Crippen LogP contribution >= 0.6 is 50.5 Å². The maximum absolute atomic E-state index is 12.2. The van der Waals surface area contributed by atoms with E-state index in [1.54, 1.807) is 0 Å². The predicted octanol–water partition coefficient (Wildman–Crippen LogP) is 4.32. The molecule has 1 heterocycles. The Morgan fingerprint density at radius 1 is 1.24 bits per heavy atom. The van der Waals surface area contributed by atoms with Gasteiger partial charge in [0.2, 0.25) is 0 Å². The van der Waals surface area contributed by atoms with Crippen molar-refractivity contribution in [1.29, 1.82) is 0 Å². The third kappa shape index (κ3) is 3.70. The van der Waals surface area contributed by atoms with E-state index in [0.29, 0.717) is 3.79 Å². The Hall–Kier alpha value is -0.800. The minimum Gasteiger partial charge on any atom is -0.478 e. The molecule has 5 nitrogen and oxygen atoms in total. The number of rotatable bonds is 4. The number of benzene rings is 1. The molecule has 0 aliphatic heterocycles. The number of carbonyl (C=O) groups is 1. The van der Waals surface area contributed by atoms with Crippen molar-refractivity contribution in [2.75, 3.05) is 4.72 Å². The van der Waals surface area contributed by atoms with Gasteiger partial charge in [0.25, 0.3) is 10.0 Å². The molecule has 112 valence electrons. The van der Waals surface area contributed by atoms with Crippen LogP contribution < -0.4 is 4.72 Å². The van der Waals surface area contributed by atoms with Gasteiger partial charge in [0.05, 0.1) is 25.1 Å². The maximum atomic E-state index is 12.2. The van der Waals surface area contributed by atoms with Crippen LogP contribution in [-0.2, 0) is 10.0 Å². The van der Waals surface area contributed by atoms with Crippen LogP contribution in [0.15, 0.2) is 32.3 Å². The monoisotopic (exact) mass is 429 g/mol. The SMILES string of the molecule is O=C(O)c1ccc(NS(=O)(=O)c2cc(Cl)c(Br)s2)c(Cl)c1. The Balaban J connectivity index is 2.35. The molecule has 1 aromatic carbocycles. The lowest BCUT2D eigenvalue weighted by Crippen LogP contribution is -2.12. The fraction of sp³-hybridized carbons (Fsp3) is 0. The largest absolute Gasteiger partial charge is 0.478 e. The van der Waals surface area contributed by atoms with Gasteiger partial charge in [-0.1, -0.05) is 23.2 Å². The Labute approximate surface area is 142 Å². The van der Waals surface area contributed by atoms with Crippen molar-refractivity contribution in [1.82, 2.24) is 0 Å². The van der Waals surface area contributed by atoms with Crippen LogP contribution in [-0.4, -0.2) is 19.5 Å². The summed E-state index contributed by atoms with van der Waals surface area (Å²) < 4.78 is 27.2. The number of carboxylic acid groups (broad SMARTS) is 1. The molecule has 0 atom stereocenters. The van der Waals surface area contributed by atoms with Crippen molar-refractivity contribution in [3.05, 3.63) is 43.7 Å². The van der Waals surface area contributed by atoms with Gasteiger partial charge in [-0.2, -0.15) is 0 Å². The van der Waals surface area contributed by atoms with Gasteiger partial charge in [0, 0.05) is 0 Å². The molecular formula is C11H6BrCl2NO4S2. The number of hydrogen-bond acceptors (Lipinski definition) is 4. The molecule has 1 aromatic heterocycles. The number of thiophene rings is 1. The highest BCUT2D eigenvalue weighted by atomic mass is 79.9. The standard InChI is InChI=1S/C11H6BrCl2NO4S2/c12-10-7(14)4-9(20-10)21(18,19)15-8-2-1-5(11(16)17)3-6(8)13/h1-4,15H,(H,16,17). The number of aromatic carboxylic acids is 1. The van der Waals surface area contributed by atoms with E-state index < -0.39 is 16.0 Å². The van der Waals surface area contributed by atoms with E-state index in [1.807, 2.05) is 0 Å². The fourth-order valence-electron chi connectivity index (χ4n) is 1.39. The Morgan fingerprint density at radius 2 is 1.90 bits per heavy atom. The van der Waals surface area contributed by atoms with Crippen molar-refractivity contribution in [3.8, 4) is 0 Å². The molecule has 21 heavy (non-hydrogen) atoms. The Kier molecular flexibility index (Phi) is 4.84. The molecule has 0 radical (unpaired) electrons. The van der Waals surface area contributed by atoms with E-state index >= 15 is 0 Å². The summed E-state index contributed by atoms with van der Waals surface area (Å²) in [4.78, 5) is 10.8. The first kappa shape index (κ1) is 16.6. The lowest BCUT2D eigenvalue weighted by atomic mass is 10.2. The van der Waals surface area contributed by atoms with Crippen LogP contribution in [0.25, 0.3) is 0 Å². The first-order valence-corrected chi connectivity index (χ1v) is 9.06. The van der Waals surface area contributed by atoms with E-state index in [9.17, 15) is 13.2 Å². The van der Waals surface area contributed by atoms with Gasteiger partial charge < -0.3 is 5.11 Å². The molecule has 0 aliphatic rings. The maximum Gasteiger partial charge on any atom is 0.335 e. The van der Waals surface area contributed by atoms with Crippen LogP contribution in [0.4, 0.5) is 5.69 Å². The van der Waals surface area contributed by atoms with Gasteiger partial charge >= 0.3 is 5.97 Å². The summed E-state index contributed by atoms with van der Waals surface area (Å²) in [5, 5.41) is 9.10. The third-order valence-electron chi connectivity index (χ3n) is 2.35. The zero-order chi connectivity index (χ0) is 15.8. The van der Waals surface area contributed by atoms with Gasteiger partial charge in [0.15, 0.2) is 0 Å². The molecule has 0 saturated carbocycles. The minimum atomic E-state index is -3.85. The number of halogens is 3. The quantitative estimate of drug-likeness (QED) is 0.756. The summed E-state index contributed by atoms with van der Waals surface area (Å²) in [6.07, 6.45) is 0. The molecule has 2 aromatic rings. The van der Waals surface area contributed by atoms with Crippen LogP contribution in [0.5, 0.6) is 0 Å². The first-order chi connectivity index (χ1) is 9.70. The van der Waals surface area contributed by atoms with Crippen LogP contribution in [0.3, 0.4) is 0 Å². The highest BCUT2D eigenvalue weighted by Crippen LogP contribution is 2.36. The number of sulfonamides is 1. The zero-order valence-corrected chi connectivity index (χ0v) is 14.7. The highest BCUT2D eigenvalue weighted by molar-refractivity contribution is 9.11. The fourth-order valence-corrected chi connectivity index (χ4v) is 5.15. The lowest BCUT2D eigenvalue weighted by molar-refractivity contribution is 0.0697. The van der Waals surface area contributed by atoms with Gasteiger partial charge in [-0.05, 0) is 40.2 Å². The smallest absolute Gasteiger partial charge is 0.335 e. The molecule has 0 bridgehead atoms. The third-order valence-corrected chi connectivity index (χ3v) is 6.97. The summed E-state index contributed by atoms with van der Waals surface area (Å²) in [5.41, 5.74) is 0.0483. The van der Waals surface area contributed by atoms with E-state index in [0.717, 1.165) is 11.3 Å². The summed E-state index contributed by atoms with van der Waals surface area (Å²) in [7, 11) is -3.85. The number of hydrogen-bond donors (Lipinski definition) is 2. The van der Waals surface area contributed by atoms with E-state index in [1.165, 1.54) is 24.3 Å². The lowest BCUT2D eigenvalue weighted by Gasteiger charge is -2.08. The van der Waals surface area contributed by atoms with Crippen LogP contribution in [0.2, 0.25) is 10.0 Å². The summed E-state index contributed by atoms with van der Waals surface area (Å²) >= 11 is 15.8. The van der Waals surface area contributed by atoms with Crippen molar-refractivity contribution in [2.45, 2.75) is 4.21 Å². The van der Waals surface area contributed by atoms with Crippen molar-refractivity contribution >= 4 is 72.1 Å². The molecule has 0 amide bonds. The topological polar surface area (TPSA) is 83.5 Å². The van der Waals surface area contributed by atoms with Crippen molar-refractivity contribution < 1.29 is 18.3 Å². The Morgan fingerprint density at radius 3 is 2.38 bits per heavy atom. The van der Waals surface area contributed by atoms with E-state index in [2.05, 4.69) is 20.7 Å². The van der Waals surface area contributed by atoms with Gasteiger partial charge in [0.1, 0.15) is 4.21 Å². The van der Waals surface area contributed by atoms with Gasteiger partial charge in [-0.15, -0.1) is 11.3 Å². The average Bonchev–Trinajstić information content (AvgIpc) is 2.72. The molecule has 0 unspecified atom stereocenters. The van der Waals surface area contributed by atoms with E-state index in [4.69, 9.17) is 28.3 Å². The zero-order valence-electron chi connectivity index (χ0n) is 9.93. The molecular weight excluding hydrogens is 425 g/mol. The van der Waals surface area contributed by atoms with Crippen molar-refractivity contribution in [2.24, 2.45) is 0 Å². The molecule has 2 N–H and O–H groups in total. The molecule has 0 spiro atoms. The van der Waals surface area contributed by atoms with Gasteiger partial charge in [-0.3, -0.25) is 4.72 Å². The van der Waals surface area contributed by atoms with Gasteiger partial charge in [-0.25, -0.2) is 13.2 Å². The number of nitrogens with one attached hydrogen (secondary N) is 1. The Bertz CT molecular complexity index is 800. The first-order valence-electron chi connectivity index (χ1n) is 5.21. The number of anilines is 1. The minimum absolute atomic E-state index is 0.0118. The molecule has 2 rings (SSSR count).